The largest absolute Gasteiger partial charge is 0.389 e. The van der Waals surface area contributed by atoms with E-state index in [-0.39, 0.29) is 12.3 Å². The van der Waals surface area contributed by atoms with E-state index in [2.05, 4.69) is 0 Å². The van der Waals surface area contributed by atoms with Gasteiger partial charge in [0.05, 0.1) is 6.42 Å². The van der Waals surface area contributed by atoms with Crippen LogP contribution in [0.5, 0.6) is 0 Å². The summed E-state index contributed by atoms with van der Waals surface area (Å²) in [6.07, 6.45) is -5.22. The van der Waals surface area contributed by atoms with Gasteiger partial charge in [0.1, 0.15) is 5.78 Å². The first-order valence-corrected chi connectivity index (χ1v) is 4.20. The maximum atomic E-state index is 11.7. The monoisotopic (exact) mass is 197 g/mol. The van der Waals surface area contributed by atoms with Crippen LogP contribution in [0.2, 0.25) is 0 Å². The molecule has 0 heterocycles. The Bertz CT molecular complexity index is 163. The van der Waals surface area contributed by atoms with Gasteiger partial charge < -0.3 is 5.73 Å². The molecular weight excluding hydrogens is 183 g/mol. The lowest BCUT2D eigenvalue weighted by atomic mass is 9.98. The Kier molecular flexibility index (Phi) is 4.98. The molecule has 0 aromatic heterocycles. The lowest BCUT2D eigenvalue weighted by Crippen LogP contribution is -2.24. The van der Waals surface area contributed by atoms with Gasteiger partial charge in [0.25, 0.3) is 0 Å². The van der Waals surface area contributed by atoms with Crippen molar-refractivity contribution >= 4 is 5.78 Å². The molecule has 0 aliphatic heterocycles. The average molecular weight is 197 g/mol. The molecular formula is C8H14F3NO. The summed E-state index contributed by atoms with van der Waals surface area (Å²) < 4.78 is 35.1. The number of nitrogens with two attached hydrogens (primary N) is 1. The average Bonchev–Trinajstić information content (AvgIpc) is 2.02. The van der Waals surface area contributed by atoms with E-state index in [4.69, 9.17) is 5.73 Å². The fourth-order valence-electron chi connectivity index (χ4n) is 0.995. The number of ketones is 1. The summed E-state index contributed by atoms with van der Waals surface area (Å²) in [7, 11) is 0. The zero-order valence-electron chi connectivity index (χ0n) is 7.53. The van der Waals surface area contributed by atoms with Crippen LogP contribution in [0, 0.1) is 5.92 Å². The first-order chi connectivity index (χ1) is 5.90. The van der Waals surface area contributed by atoms with Crippen LogP contribution in [0.25, 0.3) is 0 Å². The summed E-state index contributed by atoms with van der Waals surface area (Å²) in [5, 5.41) is 0. The molecule has 0 aliphatic rings. The van der Waals surface area contributed by atoms with Gasteiger partial charge in [-0.25, -0.2) is 0 Å². The number of hydrogen-bond donors (Lipinski definition) is 1. The highest BCUT2D eigenvalue weighted by molar-refractivity contribution is 5.81. The smallest absolute Gasteiger partial charge is 0.330 e. The summed E-state index contributed by atoms with van der Waals surface area (Å²) in [5.74, 6) is -0.801. The molecule has 78 valence electrons. The predicted octanol–water partition coefficient (Wildman–Crippen LogP) is 1.88. The van der Waals surface area contributed by atoms with Gasteiger partial charge in [0.2, 0.25) is 0 Å². The Balaban J connectivity index is 3.86. The van der Waals surface area contributed by atoms with Crippen molar-refractivity contribution in [2.75, 3.05) is 6.54 Å². The highest BCUT2D eigenvalue weighted by Gasteiger charge is 2.29. The van der Waals surface area contributed by atoms with E-state index in [0.29, 0.717) is 6.42 Å². The molecule has 0 aromatic carbocycles. The standard InChI is InChI=1S/C8H14F3NO/c1-2-6(5-12)7(13)3-4-8(9,10)11/h6H,2-5,12H2,1H3. The van der Waals surface area contributed by atoms with Crippen LogP contribution in [0.3, 0.4) is 0 Å². The van der Waals surface area contributed by atoms with Crippen LogP contribution in [0.1, 0.15) is 26.2 Å². The van der Waals surface area contributed by atoms with E-state index in [0.717, 1.165) is 0 Å². The van der Waals surface area contributed by atoms with Crippen LogP contribution in [0.4, 0.5) is 13.2 Å². The van der Waals surface area contributed by atoms with Crippen LogP contribution in [-0.2, 0) is 4.79 Å². The van der Waals surface area contributed by atoms with Crippen molar-refractivity contribution in [1.82, 2.24) is 0 Å². The Morgan fingerprint density at radius 3 is 2.31 bits per heavy atom. The summed E-state index contributed by atoms with van der Waals surface area (Å²) >= 11 is 0. The number of carbonyl (C=O) groups excluding carboxylic acids is 1. The van der Waals surface area contributed by atoms with E-state index in [1.807, 2.05) is 0 Å². The minimum Gasteiger partial charge on any atom is -0.330 e. The second kappa shape index (κ2) is 5.21. The summed E-state index contributed by atoms with van der Waals surface area (Å²) in [6, 6.07) is 0. The first-order valence-electron chi connectivity index (χ1n) is 4.20. The molecule has 0 rings (SSSR count). The van der Waals surface area contributed by atoms with Gasteiger partial charge in [-0.1, -0.05) is 6.92 Å². The zero-order chi connectivity index (χ0) is 10.5. The highest BCUT2D eigenvalue weighted by Crippen LogP contribution is 2.22. The normalized spacial score (nSPS) is 14.2. The van der Waals surface area contributed by atoms with Crippen molar-refractivity contribution in [3.63, 3.8) is 0 Å². The van der Waals surface area contributed by atoms with Crippen molar-refractivity contribution in [1.29, 1.82) is 0 Å². The van der Waals surface area contributed by atoms with E-state index in [1.54, 1.807) is 6.92 Å². The number of hydrogen-bond acceptors (Lipinski definition) is 2. The molecule has 1 unspecified atom stereocenters. The molecule has 13 heavy (non-hydrogen) atoms. The third-order valence-corrected chi connectivity index (χ3v) is 1.89. The third-order valence-electron chi connectivity index (χ3n) is 1.89. The summed E-state index contributed by atoms with van der Waals surface area (Å²) in [4.78, 5) is 11.1. The van der Waals surface area contributed by atoms with Gasteiger partial charge in [0, 0.05) is 18.9 Å². The molecule has 0 saturated heterocycles. The molecule has 0 aliphatic carbocycles. The number of carbonyl (C=O) groups is 1. The quantitative estimate of drug-likeness (QED) is 0.731. The van der Waals surface area contributed by atoms with Crippen LogP contribution in [0.15, 0.2) is 0 Å². The lowest BCUT2D eigenvalue weighted by Gasteiger charge is -2.11. The molecule has 0 bridgehead atoms. The van der Waals surface area contributed by atoms with Crippen LogP contribution < -0.4 is 5.73 Å². The van der Waals surface area contributed by atoms with Crippen molar-refractivity contribution in [2.24, 2.45) is 11.7 Å². The van der Waals surface area contributed by atoms with Crippen molar-refractivity contribution in [3.8, 4) is 0 Å². The van der Waals surface area contributed by atoms with Crippen molar-refractivity contribution in [3.05, 3.63) is 0 Å². The van der Waals surface area contributed by atoms with Crippen molar-refractivity contribution in [2.45, 2.75) is 32.4 Å². The maximum Gasteiger partial charge on any atom is 0.389 e. The molecule has 1 atom stereocenters. The number of halogens is 3. The topological polar surface area (TPSA) is 43.1 Å². The third kappa shape index (κ3) is 5.63. The minimum atomic E-state index is -4.25. The Hall–Kier alpha value is -0.580. The van der Waals surface area contributed by atoms with E-state index in [9.17, 15) is 18.0 Å². The van der Waals surface area contributed by atoms with Gasteiger partial charge in [0.15, 0.2) is 0 Å². The molecule has 0 aromatic rings. The van der Waals surface area contributed by atoms with Gasteiger partial charge in [-0.3, -0.25) is 4.79 Å². The molecule has 0 amide bonds. The molecule has 2 nitrogen and oxygen atoms in total. The second-order valence-electron chi connectivity index (χ2n) is 2.92. The van der Waals surface area contributed by atoms with E-state index >= 15 is 0 Å². The van der Waals surface area contributed by atoms with E-state index < -0.39 is 24.9 Å². The molecule has 0 radical (unpaired) electrons. The summed E-state index contributed by atoms with van der Waals surface area (Å²) in [5.41, 5.74) is 5.22. The first kappa shape index (κ1) is 12.4. The fourth-order valence-corrected chi connectivity index (χ4v) is 0.995. The fraction of sp³-hybridized carbons (Fsp3) is 0.875. The van der Waals surface area contributed by atoms with Crippen LogP contribution in [-0.4, -0.2) is 18.5 Å². The van der Waals surface area contributed by atoms with Gasteiger partial charge in [-0.2, -0.15) is 13.2 Å². The number of alkyl halides is 3. The van der Waals surface area contributed by atoms with Crippen molar-refractivity contribution < 1.29 is 18.0 Å². The second-order valence-corrected chi connectivity index (χ2v) is 2.92. The van der Waals surface area contributed by atoms with Gasteiger partial charge in [-0.05, 0) is 6.42 Å². The SMILES string of the molecule is CCC(CN)C(=O)CCC(F)(F)F. The summed E-state index contributed by atoms with van der Waals surface area (Å²) in [6.45, 7) is 1.87. The molecule has 5 heteroatoms. The Morgan fingerprint density at radius 1 is 1.46 bits per heavy atom. The van der Waals surface area contributed by atoms with E-state index in [1.165, 1.54) is 0 Å². The molecule has 0 saturated carbocycles. The Labute approximate surface area is 75.3 Å². The lowest BCUT2D eigenvalue weighted by molar-refractivity contribution is -0.144. The molecule has 2 N–H and O–H groups in total. The Morgan fingerprint density at radius 2 is 2.00 bits per heavy atom. The maximum absolute atomic E-state index is 11.7. The minimum absolute atomic E-state index is 0.132. The number of Topliss-reactive ketones (excluding diaryl/α,β-unsaturated/α-hetero) is 1. The molecule has 0 fully saturated rings. The predicted molar refractivity (Wildman–Crippen MR) is 43.1 cm³/mol. The highest BCUT2D eigenvalue weighted by atomic mass is 19.4. The van der Waals surface area contributed by atoms with Gasteiger partial charge >= 0.3 is 6.18 Å². The van der Waals surface area contributed by atoms with Crippen LogP contribution >= 0.6 is 0 Å². The van der Waals surface area contributed by atoms with Gasteiger partial charge in [-0.15, -0.1) is 0 Å². The number of rotatable bonds is 5. The molecule has 0 spiro atoms. The zero-order valence-corrected chi connectivity index (χ0v) is 7.53.